The maximum absolute atomic E-state index is 13.8. The third-order valence-electron chi connectivity index (χ3n) is 6.88. The van der Waals surface area contributed by atoms with Gasteiger partial charge in [-0.05, 0) is 23.1 Å². The zero-order chi connectivity index (χ0) is 30.3. The predicted molar refractivity (Wildman–Crippen MR) is 152 cm³/mol. The van der Waals surface area contributed by atoms with Gasteiger partial charge < -0.3 is 15.3 Å². The maximum atomic E-state index is 13.8. The zero-order valence-electron chi connectivity index (χ0n) is 22.5. The van der Waals surface area contributed by atoms with Gasteiger partial charge in [0.05, 0.1) is 23.1 Å². The van der Waals surface area contributed by atoms with Crippen LogP contribution in [0.3, 0.4) is 0 Å². The first kappa shape index (κ1) is 30.3. The molecule has 0 spiro atoms. The molecule has 2 N–H and O–H groups in total. The van der Waals surface area contributed by atoms with Crippen molar-refractivity contribution in [3.63, 3.8) is 0 Å². The Kier molecular flexibility index (Phi) is 9.65. The highest BCUT2D eigenvalue weighted by Gasteiger charge is 2.46. The Morgan fingerprint density at radius 3 is 2.21 bits per heavy atom. The number of nitro groups is 1. The summed E-state index contributed by atoms with van der Waals surface area (Å²) in [5.74, 6) is -3.05. The lowest BCUT2D eigenvalue weighted by atomic mass is 10.0. The largest absolute Gasteiger partial charge is 0.481 e. The third-order valence-corrected chi connectivity index (χ3v) is 8.68. The van der Waals surface area contributed by atoms with Crippen LogP contribution in [0.4, 0.5) is 5.69 Å². The van der Waals surface area contributed by atoms with E-state index in [1.807, 2.05) is 30.3 Å². The van der Waals surface area contributed by atoms with Gasteiger partial charge in [-0.15, -0.1) is 0 Å². The molecule has 0 bridgehead atoms. The molecule has 1 aliphatic heterocycles. The van der Waals surface area contributed by atoms with Crippen LogP contribution in [0.5, 0.6) is 0 Å². The molecule has 42 heavy (non-hydrogen) atoms. The van der Waals surface area contributed by atoms with Crippen LogP contribution >= 0.6 is 0 Å². The number of amides is 2. The number of carbonyl (C=O) groups is 3. The first-order valence-electron chi connectivity index (χ1n) is 13.2. The summed E-state index contributed by atoms with van der Waals surface area (Å²) in [6.07, 6.45) is -1.81. The number of rotatable bonds is 12. The Balaban J connectivity index is 1.63. The quantitative estimate of drug-likeness (QED) is 0.238. The van der Waals surface area contributed by atoms with Gasteiger partial charge in [-0.3, -0.25) is 24.5 Å². The standard InChI is InChI=1S/C29H30N4O8S/c34-26(15-14-21-8-3-1-4-9-21)31-16-17-32(42(40,41)20-22-10-5-2-6-11-22)29(31)28(37)30-25(19-27(35)36)23-12-7-13-24(18-23)33(38)39/h1-13,18,25,29H,14-17,19-20H2,(H,30,37)(H,35,36). The zero-order valence-corrected chi connectivity index (χ0v) is 23.4. The first-order valence-corrected chi connectivity index (χ1v) is 14.8. The number of carboxylic acids is 1. The topological polar surface area (TPSA) is 167 Å². The van der Waals surface area contributed by atoms with E-state index in [1.165, 1.54) is 23.1 Å². The van der Waals surface area contributed by atoms with E-state index in [0.717, 1.165) is 15.9 Å². The van der Waals surface area contributed by atoms with Crippen LogP contribution in [0.2, 0.25) is 0 Å². The van der Waals surface area contributed by atoms with Crippen molar-refractivity contribution >= 4 is 33.5 Å². The van der Waals surface area contributed by atoms with E-state index in [2.05, 4.69) is 5.32 Å². The average Bonchev–Trinajstić information content (AvgIpc) is 3.43. The number of benzene rings is 3. The molecule has 2 amide bonds. The second-order valence-corrected chi connectivity index (χ2v) is 11.7. The van der Waals surface area contributed by atoms with E-state index in [0.29, 0.717) is 12.0 Å². The molecule has 3 aromatic carbocycles. The molecular weight excluding hydrogens is 564 g/mol. The van der Waals surface area contributed by atoms with Crippen molar-refractivity contribution in [3.8, 4) is 0 Å². The van der Waals surface area contributed by atoms with Crippen molar-refractivity contribution in [3.05, 3.63) is 112 Å². The minimum Gasteiger partial charge on any atom is -0.481 e. The number of nitrogens with zero attached hydrogens (tertiary/aromatic N) is 3. The molecule has 12 nitrogen and oxygen atoms in total. The summed E-state index contributed by atoms with van der Waals surface area (Å²) in [5.41, 5.74) is 1.24. The number of carbonyl (C=O) groups excluding carboxylic acids is 2. The van der Waals surface area contributed by atoms with Gasteiger partial charge in [-0.1, -0.05) is 72.8 Å². The number of nitrogens with one attached hydrogen (secondary N) is 1. The molecule has 1 heterocycles. The summed E-state index contributed by atoms with van der Waals surface area (Å²) >= 11 is 0. The number of hydrogen-bond donors (Lipinski definition) is 2. The molecule has 0 aliphatic carbocycles. The molecule has 3 aromatic rings. The second-order valence-electron chi connectivity index (χ2n) is 9.81. The Morgan fingerprint density at radius 2 is 1.60 bits per heavy atom. The predicted octanol–water partition coefficient (Wildman–Crippen LogP) is 2.86. The number of aryl methyl sites for hydroxylation is 1. The summed E-state index contributed by atoms with van der Waals surface area (Å²) in [6.45, 7) is -0.176. The highest BCUT2D eigenvalue weighted by Crippen LogP contribution is 2.26. The lowest BCUT2D eigenvalue weighted by Crippen LogP contribution is -2.54. The number of sulfonamides is 1. The third kappa shape index (κ3) is 7.56. The smallest absolute Gasteiger partial charge is 0.305 e. The molecule has 1 fully saturated rings. The van der Waals surface area contributed by atoms with Gasteiger partial charge in [-0.2, -0.15) is 4.31 Å². The van der Waals surface area contributed by atoms with E-state index in [-0.39, 0.29) is 30.8 Å². The monoisotopic (exact) mass is 594 g/mol. The maximum Gasteiger partial charge on any atom is 0.305 e. The van der Waals surface area contributed by atoms with Crippen LogP contribution in [0.25, 0.3) is 0 Å². The molecule has 0 radical (unpaired) electrons. The summed E-state index contributed by atoms with van der Waals surface area (Å²) in [6, 6.07) is 21.6. The highest BCUT2D eigenvalue weighted by molar-refractivity contribution is 7.88. The fourth-order valence-electron chi connectivity index (χ4n) is 4.87. The van der Waals surface area contributed by atoms with Crippen LogP contribution in [0.15, 0.2) is 84.9 Å². The molecule has 2 atom stereocenters. The van der Waals surface area contributed by atoms with Gasteiger partial charge in [0.15, 0.2) is 6.17 Å². The van der Waals surface area contributed by atoms with Crippen LogP contribution in [-0.4, -0.2) is 64.7 Å². The molecule has 1 aliphatic rings. The number of non-ortho nitro benzene ring substituents is 1. The Hall–Kier alpha value is -4.62. The van der Waals surface area contributed by atoms with E-state index in [1.54, 1.807) is 30.3 Å². The molecule has 1 saturated heterocycles. The van der Waals surface area contributed by atoms with Gasteiger partial charge in [0.25, 0.3) is 11.6 Å². The molecular formula is C29H30N4O8S. The minimum absolute atomic E-state index is 0.0177. The van der Waals surface area contributed by atoms with Crippen LogP contribution in [0, 0.1) is 10.1 Å². The minimum atomic E-state index is -4.11. The molecule has 4 rings (SSSR count). The average molecular weight is 595 g/mol. The Morgan fingerprint density at radius 1 is 0.952 bits per heavy atom. The lowest BCUT2D eigenvalue weighted by Gasteiger charge is -2.30. The fraction of sp³-hybridized carbons (Fsp3) is 0.276. The SMILES string of the molecule is O=C(O)CC(NC(=O)C1N(C(=O)CCc2ccccc2)CCN1S(=O)(=O)Cc1ccccc1)c1cccc([N+](=O)[O-])c1. The van der Waals surface area contributed by atoms with Gasteiger partial charge in [0.2, 0.25) is 15.9 Å². The van der Waals surface area contributed by atoms with Gasteiger partial charge in [0, 0.05) is 31.6 Å². The number of carboxylic acid groups (broad SMARTS) is 1. The van der Waals surface area contributed by atoms with E-state index >= 15 is 0 Å². The number of aliphatic carboxylic acids is 1. The van der Waals surface area contributed by atoms with E-state index < -0.39 is 57.1 Å². The normalized spacial score (nSPS) is 16.1. The number of nitro benzene ring substituents is 1. The Labute approximate surface area is 242 Å². The molecule has 0 aromatic heterocycles. The van der Waals surface area contributed by atoms with Crippen molar-refractivity contribution in [1.29, 1.82) is 0 Å². The van der Waals surface area contributed by atoms with Crippen molar-refractivity contribution in [2.75, 3.05) is 13.1 Å². The van der Waals surface area contributed by atoms with Crippen molar-refractivity contribution in [2.24, 2.45) is 0 Å². The van der Waals surface area contributed by atoms with Crippen molar-refractivity contribution in [2.45, 2.75) is 37.2 Å². The van der Waals surface area contributed by atoms with Crippen molar-refractivity contribution < 1.29 is 32.8 Å². The van der Waals surface area contributed by atoms with Crippen LogP contribution in [-0.2, 0) is 36.6 Å². The molecule has 220 valence electrons. The first-order chi connectivity index (χ1) is 20.0. The Bertz CT molecular complexity index is 1550. The molecule has 13 heteroatoms. The highest BCUT2D eigenvalue weighted by atomic mass is 32.2. The lowest BCUT2D eigenvalue weighted by molar-refractivity contribution is -0.384. The summed E-state index contributed by atoms with van der Waals surface area (Å²) in [4.78, 5) is 50.7. The molecule has 0 saturated carbocycles. The van der Waals surface area contributed by atoms with Crippen LogP contribution in [0.1, 0.15) is 35.6 Å². The van der Waals surface area contributed by atoms with Crippen LogP contribution < -0.4 is 5.32 Å². The number of hydrogen-bond acceptors (Lipinski definition) is 7. The fourth-order valence-corrected chi connectivity index (χ4v) is 6.52. The molecule has 2 unspecified atom stereocenters. The van der Waals surface area contributed by atoms with Gasteiger partial charge >= 0.3 is 5.97 Å². The van der Waals surface area contributed by atoms with E-state index in [9.17, 15) is 38.0 Å². The van der Waals surface area contributed by atoms with E-state index in [4.69, 9.17) is 0 Å². The van der Waals surface area contributed by atoms with Crippen molar-refractivity contribution in [1.82, 2.24) is 14.5 Å². The second kappa shape index (κ2) is 13.4. The summed E-state index contributed by atoms with van der Waals surface area (Å²) in [5, 5.41) is 23.4. The van der Waals surface area contributed by atoms with Gasteiger partial charge in [-0.25, -0.2) is 8.42 Å². The van der Waals surface area contributed by atoms with Gasteiger partial charge in [0.1, 0.15) is 0 Å². The summed E-state index contributed by atoms with van der Waals surface area (Å²) < 4.78 is 28.1. The summed E-state index contributed by atoms with van der Waals surface area (Å²) in [7, 11) is -4.11.